The molecule has 4 heteroatoms. The third kappa shape index (κ3) is 1.29. The molecule has 0 radical (unpaired) electrons. The summed E-state index contributed by atoms with van der Waals surface area (Å²) in [4.78, 5) is 7.53. The molecule has 0 bridgehead atoms. The molecule has 3 nitrogen and oxygen atoms in total. The van der Waals surface area contributed by atoms with Gasteiger partial charge in [0.25, 0.3) is 0 Å². The Morgan fingerprint density at radius 2 is 2.20 bits per heavy atom. The van der Waals surface area contributed by atoms with Crippen LogP contribution in [0.25, 0.3) is 16.9 Å². The van der Waals surface area contributed by atoms with Crippen molar-refractivity contribution in [1.82, 2.24) is 14.4 Å². The van der Waals surface area contributed by atoms with Crippen molar-refractivity contribution in [3.05, 3.63) is 47.5 Å². The molecular weight excluding hydrogens is 254 g/mol. The normalized spacial score (nSPS) is 11.0. The number of halogens is 1. The number of nitrogens with one attached hydrogen (secondary N) is 1. The molecule has 0 atom stereocenters. The van der Waals surface area contributed by atoms with Crippen LogP contribution in [0.1, 0.15) is 0 Å². The minimum atomic E-state index is 0.874. The lowest BCUT2D eigenvalue weighted by atomic mass is 10.3. The van der Waals surface area contributed by atoms with Crippen molar-refractivity contribution in [3.63, 3.8) is 0 Å². The maximum atomic E-state index is 4.49. The fourth-order valence-electron chi connectivity index (χ4n) is 1.67. The SMILES string of the molecule is Brc1nc(-c2cc[nH]c2)n2ccccc12. The highest BCUT2D eigenvalue weighted by molar-refractivity contribution is 9.10. The van der Waals surface area contributed by atoms with Crippen LogP contribution >= 0.6 is 15.9 Å². The predicted molar refractivity (Wildman–Crippen MR) is 62.7 cm³/mol. The standard InChI is InChI=1S/C11H8BrN3/c12-10-9-3-1-2-6-15(9)11(14-10)8-4-5-13-7-8/h1-7,13H. The zero-order valence-corrected chi connectivity index (χ0v) is 9.40. The zero-order chi connectivity index (χ0) is 10.3. The van der Waals surface area contributed by atoms with E-state index in [1.807, 2.05) is 42.9 Å². The fraction of sp³-hybridized carbons (Fsp3) is 0. The van der Waals surface area contributed by atoms with Crippen molar-refractivity contribution in [3.8, 4) is 11.4 Å². The zero-order valence-electron chi connectivity index (χ0n) is 7.81. The summed E-state index contributed by atoms with van der Waals surface area (Å²) in [6.07, 6.45) is 5.84. The average molecular weight is 262 g/mol. The van der Waals surface area contributed by atoms with Crippen molar-refractivity contribution in [2.75, 3.05) is 0 Å². The number of rotatable bonds is 1. The first-order valence-electron chi connectivity index (χ1n) is 4.62. The van der Waals surface area contributed by atoms with Crippen molar-refractivity contribution in [2.45, 2.75) is 0 Å². The molecule has 0 saturated carbocycles. The van der Waals surface area contributed by atoms with Crippen molar-refractivity contribution < 1.29 is 0 Å². The summed E-state index contributed by atoms with van der Waals surface area (Å²) in [5.74, 6) is 0.943. The lowest BCUT2D eigenvalue weighted by Crippen LogP contribution is -1.86. The Balaban J connectivity index is 2.37. The molecule has 0 amide bonds. The van der Waals surface area contributed by atoms with Gasteiger partial charge in [0.15, 0.2) is 0 Å². The Morgan fingerprint density at radius 3 is 3.00 bits per heavy atom. The Labute approximate surface area is 94.9 Å². The van der Waals surface area contributed by atoms with Gasteiger partial charge in [0.2, 0.25) is 0 Å². The third-order valence-corrected chi connectivity index (χ3v) is 2.94. The van der Waals surface area contributed by atoms with Gasteiger partial charge in [0, 0.05) is 24.2 Å². The van der Waals surface area contributed by atoms with E-state index >= 15 is 0 Å². The third-order valence-electron chi connectivity index (χ3n) is 2.36. The van der Waals surface area contributed by atoms with Crippen LogP contribution in [-0.2, 0) is 0 Å². The van der Waals surface area contributed by atoms with E-state index in [0.29, 0.717) is 0 Å². The molecule has 0 saturated heterocycles. The van der Waals surface area contributed by atoms with Gasteiger partial charge in [-0.2, -0.15) is 0 Å². The first-order valence-corrected chi connectivity index (χ1v) is 5.41. The molecule has 0 aliphatic rings. The van der Waals surface area contributed by atoms with E-state index in [2.05, 4.69) is 30.3 Å². The summed E-state index contributed by atoms with van der Waals surface area (Å²) in [6, 6.07) is 8.04. The number of H-pyrrole nitrogens is 1. The van der Waals surface area contributed by atoms with Crippen molar-refractivity contribution in [1.29, 1.82) is 0 Å². The van der Waals surface area contributed by atoms with Gasteiger partial charge < -0.3 is 4.98 Å². The van der Waals surface area contributed by atoms with Crippen LogP contribution in [0, 0.1) is 0 Å². The molecule has 0 spiro atoms. The second-order valence-corrected chi connectivity index (χ2v) is 4.03. The summed E-state index contributed by atoms with van der Waals surface area (Å²) < 4.78 is 2.94. The van der Waals surface area contributed by atoms with Crippen molar-refractivity contribution >= 4 is 21.4 Å². The van der Waals surface area contributed by atoms with E-state index in [1.54, 1.807) is 0 Å². The van der Waals surface area contributed by atoms with E-state index in [1.165, 1.54) is 0 Å². The van der Waals surface area contributed by atoms with Gasteiger partial charge in [-0.1, -0.05) is 6.07 Å². The quantitative estimate of drug-likeness (QED) is 0.718. The van der Waals surface area contributed by atoms with Crippen LogP contribution < -0.4 is 0 Å². The van der Waals surface area contributed by atoms with E-state index in [9.17, 15) is 0 Å². The topological polar surface area (TPSA) is 33.1 Å². The molecule has 3 aromatic rings. The molecule has 3 heterocycles. The minimum Gasteiger partial charge on any atom is -0.367 e. The van der Waals surface area contributed by atoms with Crippen LogP contribution in [-0.4, -0.2) is 14.4 Å². The molecule has 3 aromatic heterocycles. The van der Waals surface area contributed by atoms with Gasteiger partial charge in [-0.3, -0.25) is 4.40 Å². The number of aromatic amines is 1. The Morgan fingerprint density at radius 1 is 1.27 bits per heavy atom. The summed E-state index contributed by atoms with van der Waals surface area (Å²) in [7, 11) is 0. The van der Waals surface area contributed by atoms with Crippen LogP contribution in [0.3, 0.4) is 0 Å². The van der Waals surface area contributed by atoms with Crippen LogP contribution in [0.4, 0.5) is 0 Å². The number of fused-ring (bicyclic) bond motifs is 1. The van der Waals surface area contributed by atoms with Gasteiger partial charge in [0.05, 0.1) is 5.52 Å². The molecule has 0 aliphatic carbocycles. The van der Waals surface area contributed by atoms with Gasteiger partial charge in [0.1, 0.15) is 10.4 Å². The molecule has 0 aromatic carbocycles. The molecule has 0 aliphatic heterocycles. The molecule has 0 fully saturated rings. The number of imidazole rings is 1. The minimum absolute atomic E-state index is 0.874. The van der Waals surface area contributed by atoms with Crippen molar-refractivity contribution in [2.24, 2.45) is 0 Å². The Kier molecular flexibility index (Phi) is 1.89. The van der Waals surface area contributed by atoms with E-state index in [0.717, 1.165) is 21.5 Å². The maximum Gasteiger partial charge on any atom is 0.147 e. The van der Waals surface area contributed by atoms with Gasteiger partial charge in [-0.25, -0.2) is 4.98 Å². The second kappa shape index (κ2) is 3.24. The number of hydrogen-bond acceptors (Lipinski definition) is 1. The van der Waals surface area contributed by atoms with Gasteiger partial charge in [-0.15, -0.1) is 0 Å². The summed E-state index contributed by atoms with van der Waals surface area (Å²) in [5, 5.41) is 0. The average Bonchev–Trinajstić information content (AvgIpc) is 2.87. The van der Waals surface area contributed by atoms with E-state index in [4.69, 9.17) is 0 Å². The number of aromatic nitrogens is 3. The summed E-state index contributed by atoms with van der Waals surface area (Å²) >= 11 is 3.46. The molecule has 15 heavy (non-hydrogen) atoms. The molecule has 3 rings (SSSR count). The molecular formula is C11H8BrN3. The highest BCUT2D eigenvalue weighted by Crippen LogP contribution is 2.25. The molecule has 74 valence electrons. The lowest BCUT2D eigenvalue weighted by molar-refractivity contribution is 1.16. The smallest absolute Gasteiger partial charge is 0.147 e. The van der Waals surface area contributed by atoms with Gasteiger partial charge >= 0.3 is 0 Å². The number of pyridine rings is 1. The molecule has 1 N–H and O–H groups in total. The molecule has 0 unspecified atom stereocenters. The Bertz CT molecular complexity index is 595. The predicted octanol–water partition coefficient (Wildman–Crippen LogP) is 3.09. The monoisotopic (exact) mass is 261 g/mol. The van der Waals surface area contributed by atoms with Crippen LogP contribution in [0.15, 0.2) is 47.5 Å². The first-order chi connectivity index (χ1) is 7.36. The maximum absolute atomic E-state index is 4.49. The second-order valence-electron chi connectivity index (χ2n) is 3.28. The summed E-state index contributed by atoms with van der Waals surface area (Å²) in [6.45, 7) is 0. The van der Waals surface area contributed by atoms with Crippen LogP contribution in [0.5, 0.6) is 0 Å². The van der Waals surface area contributed by atoms with Gasteiger partial charge in [-0.05, 0) is 34.1 Å². The lowest BCUT2D eigenvalue weighted by Gasteiger charge is -1.96. The Hall–Kier alpha value is -1.55. The largest absolute Gasteiger partial charge is 0.367 e. The van der Waals surface area contributed by atoms with E-state index in [-0.39, 0.29) is 0 Å². The number of nitrogens with zero attached hydrogens (tertiary/aromatic N) is 2. The van der Waals surface area contributed by atoms with E-state index < -0.39 is 0 Å². The highest BCUT2D eigenvalue weighted by atomic mass is 79.9. The fourth-order valence-corrected chi connectivity index (χ4v) is 2.16. The van der Waals surface area contributed by atoms with Crippen LogP contribution in [0.2, 0.25) is 0 Å². The highest BCUT2D eigenvalue weighted by Gasteiger charge is 2.09. The number of hydrogen-bond donors (Lipinski definition) is 1. The first kappa shape index (κ1) is 8.73. The summed E-state index contributed by atoms with van der Waals surface area (Å²) in [5.41, 5.74) is 2.16.